The van der Waals surface area contributed by atoms with E-state index in [-0.39, 0.29) is 11.3 Å². The Morgan fingerprint density at radius 3 is 2.43 bits per heavy atom. The molecule has 0 saturated carbocycles. The first-order valence-electron chi connectivity index (χ1n) is 9.36. The SMILES string of the molecule is Cc1ccc(CNc2nccc(C(=O)Nc3ccccc3C(C)(C)C)n2)cc1. The highest BCUT2D eigenvalue weighted by molar-refractivity contribution is 6.03. The van der Waals surface area contributed by atoms with E-state index in [0.717, 1.165) is 16.8 Å². The van der Waals surface area contributed by atoms with Crippen LogP contribution in [0.15, 0.2) is 60.8 Å². The summed E-state index contributed by atoms with van der Waals surface area (Å²) in [6.45, 7) is 9.01. The average Bonchev–Trinajstić information content (AvgIpc) is 2.67. The molecule has 1 aromatic heterocycles. The maximum absolute atomic E-state index is 12.7. The van der Waals surface area contributed by atoms with E-state index in [0.29, 0.717) is 18.2 Å². The maximum atomic E-state index is 12.7. The Kier molecular flexibility index (Phi) is 5.73. The number of aryl methyl sites for hydroxylation is 1. The van der Waals surface area contributed by atoms with Gasteiger partial charge in [0.2, 0.25) is 5.95 Å². The topological polar surface area (TPSA) is 66.9 Å². The van der Waals surface area contributed by atoms with E-state index >= 15 is 0 Å². The van der Waals surface area contributed by atoms with Gasteiger partial charge in [0, 0.05) is 18.4 Å². The van der Waals surface area contributed by atoms with Crippen LogP contribution in [0.5, 0.6) is 0 Å². The van der Waals surface area contributed by atoms with E-state index in [1.165, 1.54) is 5.56 Å². The van der Waals surface area contributed by atoms with Gasteiger partial charge in [-0.1, -0.05) is 68.8 Å². The van der Waals surface area contributed by atoms with Crippen molar-refractivity contribution in [1.82, 2.24) is 9.97 Å². The summed E-state index contributed by atoms with van der Waals surface area (Å²) in [5, 5.41) is 6.16. The van der Waals surface area contributed by atoms with E-state index in [2.05, 4.69) is 72.6 Å². The number of aromatic nitrogens is 2. The first kappa shape index (κ1) is 19.5. The lowest BCUT2D eigenvalue weighted by Gasteiger charge is -2.22. The second-order valence-electron chi connectivity index (χ2n) is 7.85. The highest BCUT2D eigenvalue weighted by atomic mass is 16.1. The number of hydrogen-bond donors (Lipinski definition) is 2. The van der Waals surface area contributed by atoms with Gasteiger partial charge in [0.1, 0.15) is 5.69 Å². The number of nitrogens with zero attached hydrogens (tertiary/aromatic N) is 2. The maximum Gasteiger partial charge on any atom is 0.274 e. The van der Waals surface area contributed by atoms with Crippen LogP contribution in [0.1, 0.15) is 48.0 Å². The van der Waals surface area contributed by atoms with Crippen molar-refractivity contribution in [2.75, 3.05) is 10.6 Å². The summed E-state index contributed by atoms with van der Waals surface area (Å²) in [4.78, 5) is 21.3. The lowest BCUT2D eigenvalue weighted by molar-refractivity contribution is 0.102. The van der Waals surface area contributed by atoms with Crippen molar-refractivity contribution >= 4 is 17.5 Å². The molecule has 0 aliphatic rings. The van der Waals surface area contributed by atoms with Crippen LogP contribution in [0.25, 0.3) is 0 Å². The molecule has 0 saturated heterocycles. The smallest absolute Gasteiger partial charge is 0.274 e. The van der Waals surface area contributed by atoms with E-state index in [1.54, 1.807) is 12.3 Å². The molecule has 0 fully saturated rings. The summed E-state index contributed by atoms with van der Waals surface area (Å²) in [6.07, 6.45) is 1.59. The van der Waals surface area contributed by atoms with Crippen LogP contribution in [0.4, 0.5) is 11.6 Å². The lowest BCUT2D eigenvalue weighted by atomic mass is 9.86. The van der Waals surface area contributed by atoms with Crippen molar-refractivity contribution < 1.29 is 4.79 Å². The first-order valence-corrected chi connectivity index (χ1v) is 9.36. The van der Waals surface area contributed by atoms with Gasteiger partial charge in [-0.05, 0) is 35.6 Å². The fourth-order valence-corrected chi connectivity index (χ4v) is 2.89. The van der Waals surface area contributed by atoms with Crippen LogP contribution in [0.2, 0.25) is 0 Å². The van der Waals surface area contributed by atoms with E-state index < -0.39 is 0 Å². The van der Waals surface area contributed by atoms with Crippen LogP contribution < -0.4 is 10.6 Å². The predicted octanol–water partition coefficient (Wildman–Crippen LogP) is 4.95. The van der Waals surface area contributed by atoms with Crippen molar-refractivity contribution in [3.8, 4) is 0 Å². The van der Waals surface area contributed by atoms with Crippen molar-refractivity contribution in [2.45, 2.75) is 39.7 Å². The summed E-state index contributed by atoms with van der Waals surface area (Å²) in [5.41, 5.74) is 4.47. The van der Waals surface area contributed by atoms with Crippen LogP contribution in [0.3, 0.4) is 0 Å². The zero-order chi connectivity index (χ0) is 20.1. The first-order chi connectivity index (χ1) is 13.3. The number of rotatable bonds is 5. The molecule has 0 aliphatic carbocycles. The monoisotopic (exact) mass is 374 g/mol. The van der Waals surface area contributed by atoms with Gasteiger partial charge in [-0.15, -0.1) is 0 Å². The van der Waals surface area contributed by atoms with Gasteiger partial charge < -0.3 is 10.6 Å². The van der Waals surface area contributed by atoms with Gasteiger partial charge in [0.15, 0.2) is 0 Å². The van der Waals surface area contributed by atoms with Gasteiger partial charge >= 0.3 is 0 Å². The number of nitrogens with one attached hydrogen (secondary N) is 2. The van der Waals surface area contributed by atoms with Crippen molar-refractivity contribution in [3.63, 3.8) is 0 Å². The molecule has 28 heavy (non-hydrogen) atoms. The molecule has 0 bridgehead atoms. The minimum absolute atomic E-state index is 0.0731. The molecule has 5 nitrogen and oxygen atoms in total. The summed E-state index contributed by atoms with van der Waals surface area (Å²) in [6, 6.07) is 17.7. The quantitative estimate of drug-likeness (QED) is 0.663. The highest BCUT2D eigenvalue weighted by Gasteiger charge is 2.19. The Bertz CT molecular complexity index is 959. The molecule has 144 valence electrons. The Morgan fingerprint density at radius 2 is 1.71 bits per heavy atom. The molecule has 0 unspecified atom stereocenters. The summed E-state index contributed by atoms with van der Waals surface area (Å²) < 4.78 is 0. The minimum atomic E-state index is -0.252. The normalized spacial score (nSPS) is 11.1. The zero-order valence-electron chi connectivity index (χ0n) is 16.8. The second-order valence-corrected chi connectivity index (χ2v) is 7.85. The van der Waals surface area contributed by atoms with Crippen molar-refractivity contribution in [1.29, 1.82) is 0 Å². The van der Waals surface area contributed by atoms with Crippen LogP contribution >= 0.6 is 0 Å². The number of para-hydroxylation sites is 1. The molecule has 0 radical (unpaired) electrons. The average molecular weight is 374 g/mol. The van der Waals surface area contributed by atoms with Crippen molar-refractivity contribution in [3.05, 3.63) is 83.2 Å². The summed E-state index contributed by atoms with van der Waals surface area (Å²) >= 11 is 0. The molecule has 0 aliphatic heterocycles. The number of amides is 1. The molecule has 1 heterocycles. The van der Waals surface area contributed by atoms with Gasteiger partial charge in [0.25, 0.3) is 5.91 Å². The molecule has 3 aromatic rings. The molecule has 0 spiro atoms. The van der Waals surface area contributed by atoms with Crippen LogP contribution in [-0.4, -0.2) is 15.9 Å². The molecule has 1 amide bonds. The lowest BCUT2D eigenvalue weighted by Crippen LogP contribution is -2.20. The Morgan fingerprint density at radius 1 is 1.00 bits per heavy atom. The summed E-state index contributed by atoms with van der Waals surface area (Å²) in [7, 11) is 0. The van der Waals surface area contributed by atoms with Gasteiger partial charge in [0.05, 0.1) is 0 Å². The molecule has 2 aromatic carbocycles. The number of anilines is 2. The molecular formula is C23H26N4O. The molecule has 2 N–H and O–H groups in total. The van der Waals surface area contributed by atoms with E-state index in [9.17, 15) is 4.79 Å². The number of benzene rings is 2. The van der Waals surface area contributed by atoms with E-state index in [1.807, 2.05) is 24.3 Å². The molecule has 5 heteroatoms. The molecule has 3 rings (SSSR count). The largest absolute Gasteiger partial charge is 0.350 e. The Labute approximate surface area is 166 Å². The number of carbonyl (C=O) groups is 1. The van der Waals surface area contributed by atoms with Crippen LogP contribution in [-0.2, 0) is 12.0 Å². The Balaban J connectivity index is 1.72. The second kappa shape index (κ2) is 8.21. The number of hydrogen-bond acceptors (Lipinski definition) is 4. The third-order valence-electron chi connectivity index (χ3n) is 4.44. The Hall–Kier alpha value is -3.21. The number of carbonyl (C=O) groups excluding carboxylic acids is 1. The minimum Gasteiger partial charge on any atom is -0.350 e. The molecule has 0 atom stereocenters. The fraction of sp³-hybridized carbons (Fsp3) is 0.261. The van der Waals surface area contributed by atoms with E-state index in [4.69, 9.17) is 0 Å². The third kappa shape index (κ3) is 4.94. The van der Waals surface area contributed by atoms with Crippen molar-refractivity contribution in [2.24, 2.45) is 0 Å². The highest BCUT2D eigenvalue weighted by Crippen LogP contribution is 2.29. The van der Waals surface area contributed by atoms with Crippen LogP contribution in [0, 0.1) is 6.92 Å². The van der Waals surface area contributed by atoms with Gasteiger partial charge in [-0.3, -0.25) is 4.79 Å². The fourth-order valence-electron chi connectivity index (χ4n) is 2.89. The van der Waals surface area contributed by atoms with Gasteiger partial charge in [-0.2, -0.15) is 0 Å². The third-order valence-corrected chi connectivity index (χ3v) is 4.44. The standard InChI is InChI=1S/C23H26N4O/c1-16-9-11-17(12-10-16)15-25-22-24-14-13-20(27-22)21(28)26-19-8-6-5-7-18(19)23(2,3)4/h5-14H,15H2,1-4H3,(H,26,28)(H,24,25,27). The summed E-state index contributed by atoms with van der Waals surface area (Å²) in [5.74, 6) is 0.176. The van der Waals surface area contributed by atoms with Gasteiger partial charge in [-0.25, -0.2) is 9.97 Å². The predicted molar refractivity (Wildman–Crippen MR) is 114 cm³/mol. The zero-order valence-corrected chi connectivity index (χ0v) is 16.8. The molecular weight excluding hydrogens is 348 g/mol.